The molecule has 0 radical (unpaired) electrons. The van der Waals surface area contributed by atoms with Crippen LogP contribution in [-0.4, -0.2) is 32.0 Å². The zero-order valence-corrected chi connectivity index (χ0v) is 19.2. The number of hydrogen-bond acceptors (Lipinski definition) is 6. The second kappa shape index (κ2) is 10.0. The number of nitrogens with one attached hydrogen (secondary N) is 2. The molecule has 3 aromatic rings. The first-order valence-corrected chi connectivity index (χ1v) is 12.3. The number of sulfonamides is 1. The summed E-state index contributed by atoms with van der Waals surface area (Å²) in [6.45, 7) is 6.16. The summed E-state index contributed by atoms with van der Waals surface area (Å²) in [6, 6.07) is 13.2. The molecule has 0 bridgehead atoms. The number of carbonyl (C=O) groups excluding carboxylic acids is 1. The van der Waals surface area contributed by atoms with Gasteiger partial charge in [0.1, 0.15) is 5.75 Å². The molecule has 31 heavy (non-hydrogen) atoms. The fourth-order valence-corrected chi connectivity index (χ4v) is 4.82. The van der Waals surface area contributed by atoms with Crippen LogP contribution in [0.15, 0.2) is 58.8 Å². The van der Waals surface area contributed by atoms with Crippen LogP contribution in [0.4, 0.5) is 5.13 Å². The smallest absolute Gasteiger partial charge is 0.257 e. The highest BCUT2D eigenvalue weighted by Gasteiger charge is 2.18. The van der Waals surface area contributed by atoms with Crippen molar-refractivity contribution in [3.05, 3.63) is 59.5 Å². The van der Waals surface area contributed by atoms with Crippen LogP contribution in [0.3, 0.4) is 0 Å². The maximum Gasteiger partial charge on any atom is 0.257 e. The normalized spacial score (nSPS) is 12.4. The third kappa shape index (κ3) is 5.69. The number of aromatic nitrogens is 1. The molecule has 164 valence electrons. The Morgan fingerprint density at radius 3 is 2.52 bits per heavy atom. The van der Waals surface area contributed by atoms with Gasteiger partial charge in [0, 0.05) is 22.5 Å². The van der Waals surface area contributed by atoms with Crippen LogP contribution < -0.4 is 14.8 Å². The zero-order chi connectivity index (χ0) is 22.4. The van der Waals surface area contributed by atoms with Crippen LogP contribution >= 0.6 is 11.3 Å². The van der Waals surface area contributed by atoms with E-state index < -0.39 is 10.0 Å². The molecule has 2 aromatic carbocycles. The third-order valence-electron chi connectivity index (χ3n) is 4.58. The Morgan fingerprint density at radius 1 is 1.13 bits per heavy atom. The largest absolute Gasteiger partial charge is 0.493 e. The van der Waals surface area contributed by atoms with E-state index in [0.717, 1.165) is 11.3 Å². The second-order valence-corrected chi connectivity index (χ2v) is 9.45. The molecule has 1 aromatic heterocycles. The molecular weight excluding hydrogens is 434 g/mol. The van der Waals surface area contributed by atoms with Gasteiger partial charge in [-0.1, -0.05) is 19.1 Å². The van der Waals surface area contributed by atoms with Crippen molar-refractivity contribution >= 4 is 32.4 Å². The van der Waals surface area contributed by atoms with Crippen molar-refractivity contribution in [3.8, 4) is 17.0 Å². The highest BCUT2D eigenvalue weighted by atomic mass is 32.2. The number of carbonyl (C=O) groups is 1. The lowest BCUT2D eigenvalue weighted by molar-refractivity contribution is 0.102. The Labute approximate surface area is 186 Å². The first-order chi connectivity index (χ1) is 14.8. The van der Waals surface area contributed by atoms with Gasteiger partial charge in [-0.15, -0.1) is 11.3 Å². The SMILES string of the molecule is CCOc1ccccc1-c1csc(NC(=O)c2ccc(S(=O)(=O)NC(C)CC)cc2)n1. The number of hydrogen-bond donors (Lipinski definition) is 2. The van der Waals surface area contributed by atoms with Gasteiger partial charge in [0.25, 0.3) is 5.91 Å². The van der Waals surface area contributed by atoms with Crippen molar-refractivity contribution < 1.29 is 17.9 Å². The van der Waals surface area contributed by atoms with Crippen LogP contribution in [0, 0.1) is 0 Å². The number of thiazole rings is 1. The van der Waals surface area contributed by atoms with Crippen LogP contribution in [0.1, 0.15) is 37.6 Å². The zero-order valence-electron chi connectivity index (χ0n) is 17.6. The van der Waals surface area contributed by atoms with Crippen molar-refractivity contribution in [2.75, 3.05) is 11.9 Å². The molecule has 1 amide bonds. The summed E-state index contributed by atoms with van der Waals surface area (Å²) in [7, 11) is -3.61. The van der Waals surface area contributed by atoms with Crippen LogP contribution in [0.5, 0.6) is 5.75 Å². The lowest BCUT2D eigenvalue weighted by atomic mass is 10.1. The highest BCUT2D eigenvalue weighted by Crippen LogP contribution is 2.32. The number of para-hydroxylation sites is 1. The van der Waals surface area contributed by atoms with E-state index in [-0.39, 0.29) is 16.8 Å². The average molecular weight is 460 g/mol. The molecule has 1 atom stereocenters. The van der Waals surface area contributed by atoms with Crippen molar-refractivity contribution in [2.24, 2.45) is 0 Å². The first kappa shape index (κ1) is 22.9. The van der Waals surface area contributed by atoms with Gasteiger partial charge in [-0.2, -0.15) is 0 Å². The topological polar surface area (TPSA) is 97.4 Å². The quantitative estimate of drug-likeness (QED) is 0.490. The lowest BCUT2D eigenvalue weighted by Crippen LogP contribution is -2.32. The van der Waals surface area contributed by atoms with Crippen molar-refractivity contribution in [1.82, 2.24) is 9.71 Å². The molecule has 0 aliphatic heterocycles. The van der Waals surface area contributed by atoms with E-state index in [9.17, 15) is 13.2 Å². The van der Waals surface area contributed by atoms with Crippen molar-refractivity contribution in [3.63, 3.8) is 0 Å². The molecule has 3 rings (SSSR count). The molecule has 7 nitrogen and oxygen atoms in total. The van der Waals surface area contributed by atoms with E-state index in [1.165, 1.54) is 35.6 Å². The van der Waals surface area contributed by atoms with Crippen LogP contribution in [0.2, 0.25) is 0 Å². The van der Waals surface area contributed by atoms with Crippen molar-refractivity contribution in [2.45, 2.75) is 38.1 Å². The fraction of sp³-hybridized carbons (Fsp3) is 0.273. The Balaban J connectivity index is 1.72. The van der Waals surface area contributed by atoms with Crippen LogP contribution in [-0.2, 0) is 10.0 Å². The molecule has 1 unspecified atom stereocenters. The monoisotopic (exact) mass is 459 g/mol. The number of anilines is 1. The molecule has 0 saturated heterocycles. The summed E-state index contributed by atoms with van der Waals surface area (Å²) < 4.78 is 32.9. The molecule has 1 heterocycles. The van der Waals surface area contributed by atoms with Gasteiger partial charge in [0.2, 0.25) is 10.0 Å². The lowest BCUT2D eigenvalue weighted by Gasteiger charge is -2.12. The summed E-state index contributed by atoms with van der Waals surface area (Å²) in [4.78, 5) is 17.2. The van der Waals surface area contributed by atoms with E-state index in [1.807, 2.05) is 43.5 Å². The Bertz CT molecular complexity index is 1140. The van der Waals surface area contributed by atoms with Crippen molar-refractivity contribution in [1.29, 1.82) is 0 Å². The maximum atomic E-state index is 12.6. The third-order valence-corrected chi connectivity index (χ3v) is 6.95. The van der Waals surface area contributed by atoms with E-state index in [2.05, 4.69) is 15.0 Å². The number of rotatable bonds is 9. The van der Waals surface area contributed by atoms with Gasteiger partial charge in [0.15, 0.2) is 5.13 Å². The van der Waals surface area contributed by atoms with Gasteiger partial charge in [-0.3, -0.25) is 10.1 Å². The summed E-state index contributed by atoms with van der Waals surface area (Å²) in [5.41, 5.74) is 1.90. The summed E-state index contributed by atoms with van der Waals surface area (Å²) in [5, 5.41) is 5.06. The molecule has 0 aliphatic rings. The molecule has 0 saturated carbocycles. The molecule has 0 fully saturated rings. The second-order valence-electron chi connectivity index (χ2n) is 6.88. The number of nitrogens with zero attached hydrogens (tertiary/aromatic N) is 1. The standard InChI is InChI=1S/C22H25N3O4S2/c1-4-15(3)25-31(27,28)17-12-10-16(11-13-17)21(26)24-22-23-19(14-30-22)18-8-6-7-9-20(18)29-5-2/h6-15,25H,4-5H2,1-3H3,(H,23,24,26). The van der Waals surface area contributed by atoms with E-state index in [4.69, 9.17) is 4.74 Å². The average Bonchev–Trinajstić information content (AvgIpc) is 3.22. The van der Waals surface area contributed by atoms with Gasteiger partial charge in [-0.05, 0) is 56.7 Å². The Kier molecular flexibility index (Phi) is 7.42. The van der Waals surface area contributed by atoms with Crippen LogP contribution in [0.25, 0.3) is 11.3 Å². The minimum atomic E-state index is -3.61. The predicted molar refractivity (Wildman–Crippen MR) is 123 cm³/mol. The van der Waals surface area contributed by atoms with E-state index in [1.54, 1.807) is 6.92 Å². The minimum absolute atomic E-state index is 0.119. The van der Waals surface area contributed by atoms with Gasteiger partial charge in [-0.25, -0.2) is 18.1 Å². The highest BCUT2D eigenvalue weighted by molar-refractivity contribution is 7.89. The minimum Gasteiger partial charge on any atom is -0.493 e. The predicted octanol–water partition coefficient (Wildman–Crippen LogP) is 4.54. The number of ether oxygens (including phenoxy) is 1. The fourth-order valence-electron chi connectivity index (χ4n) is 2.79. The van der Waals surface area contributed by atoms with E-state index in [0.29, 0.717) is 29.4 Å². The Morgan fingerprint density at radius 2 is 1.84 bits per heavy atom. The molecule has 0 aliphatic carbocycles. The summed E-state index contributed by atoms with van der Waals surface area (Å²) in [5.74, 6) is 0.369. The Hall–Kier alpha value is -2.75. The number of benzene rings is 2. The summed E-state index contributed by atoms with van der Waals surface area (Å²) >= 11 is 1.31. The molecule has 2 N–H and O–H groups in total. The maximum absolute atomic E-state index is 12.6. The van der Waals surface area contributed by atoms with E-state index >= 15 is 0 Å². The first-order valence-electron chi connectivity index (χ1n) is 9.95. The molecular formula is C22H25N3O4S2. The number of amides is 1. The summed E-state index contributed by atoms with van der Waals surface area (Å²) in [6.07, 6.45) is 0.685. The van der Waals surface area contributed by atoms with Gasteiger partial charge in [0.05, 0.1) is 17.2 Å². The van der Waals surface area contributed by atoms with Gasteiger partial charge >= 0.3 is 0 Å². The molecule has 0 spiro atoms. The molecule has 9 heteroatoms. The van der Waals surface area contributed by atoms with Gasteiger partial charge < -0.3 is 4.74 Å².